The zero-order chi connectivity index (χ0) is 35.5. The Labute approximate surface area is 264 Å². The summed E-state index contributed by atoms with van der Waals surface area (Å²) in [6.45, 7) is 15.5. The van der Waals surface area contributed by atoms with Crippen LogP contribution in [0, 0.1) is 14.4 Å². The second-order valence-electron chi connectivity index (χ2n) is 11.0. The second-order valence-corrected chi connectivity index (χ2v) is 18.7. The largest absolute Gasteiger partial charge is 0.470 e. The van der Waals surface area contributed by atoms with Crippen molar-refractivity contribution >= 4 is 29.5 Å². The Hall–Kier alpha value is -1.61. The van der Waals surface area contributed by atoms with Crippen LogP contribution in [-0.2, 0) is 40.3 Å². The predicted octanol–water partition coefficient (Wildman–Crippen LogP) is 3.97. The highest BCUT2D eigenvalue weighted by atomic mass is 127. The van der Waals surface area contributed by atoms with E-state index in [1.165, 1.54) is 20.3 Å². The van der Waals surface area contributed by atoms with Crippen LogP contribution in [0.2, 0.25) is 0 Å². The molecule has 2 rings (SSSR count). The molecule has 0 spiro atoms. The molecular formula is C25H30F9IO6S3. The van der Waals surface area contributed by atoms with Gasteiger partial charge in [-0.2, -0.15) is 39.5 Å². The van der Waals surface area contributed by atoms with Gasteiger partial charge in [-0.25, -0.2) is 0 Å². The smallest absolute Gasteiger partial charge is 0.251 e. The van der Waals surface area contributed by atoms with Gasteiger partial charge in [-0.1, -0.05) is 83.5 Å². The van der Waals surface area contributed by atoms with E-state index in [9.17, 15) is 64.8 Å². The summed E-state index contributed by atoms with van der Waals surface area (Å²) in [6, 6.07) is 17.5. The standard InChI is InChI=1S/C11H16.C10H14I.C4F9O6S3/c1-9-5-7-10(8-6-9)11(2,3)4;1-10(2,3)8-4-6-9(11)7-5-8;5-2(6,7)20(14,15)1(21(16,17)3(8,9)10)22(18,19)4(11,12)13/h5-8H,1-4H3;4-7,11H,1-3H3;/q;+1;-1. The van der Waals surface area contributed by atoms with Crippen LogP contribution in [0.3, 0.4) is 0 Å². The van der Waals surface area contributed by atoms with E-state index in [1.807, 2.05) is 22.6 Å². The van der Waals surface area contributed by atoms with E-state index in [4.69, 9.17) is 0 Å². The summed E-state index contributed by atoms with van der Waals surface area (Å²) >= 11 is 2.05. The van der Waals surface area contributed by atoms with Crippen molar-refractivity contribution in [2.24, 2.45) is 0 Å². The SMILES string of the molecule is CC(C)(C)c1ccc([IH+])cc1.Cc1ccc(C(C)(C)C)cc1.O=S(=O)([C-](S(=O)(=O)C(F)(F)F)S(=O)(=O)C(F)(F)F)C(F)(F)F. The lowest BCUT2D eigenvalue weighted by atomic mass is 9.87. The van der Waals surface area contributed by atoms with Crippen LogP contribution in [0.1, 0.15) is 58.2 Å². The summed E-state index contributed by atoms with van der Waals surface area (Å²) in [7, 11) is -24.1. The molecule has 0 N–H and O–H groups in total. The molecular weight excluding hydrogens is 790 g/mol. The third-order valence-electron chi connectivity index (χ3n) is 5.21. The molecule has 0 aliphatic carbocycles. The Morgan fingerprint density at radius 3 is 0.932 bits per heavy atom. The van der Waals surface area contributed by atoms with Gasteiger partial charge in [0.15, 0.2) is 33.1 Å². The van der Waals surface area contributed by atoms with E-state index in [0.717, 1.165) is 0 Å². The molecule has 0 radical (unpaired) electrons. The van der Waals surface area contributed by atoms with Gasteiger partial charge in [0.05, 0.1) is 3.91 Å². The summed E-state index contributed by atoms with van der Waals surface area (Å²) in [6.07, 6.45) is 0. The molecule has 0 unspecified atom stereocenters. The molecule has 0 saturated heterocycles. The quantitative estimate of drug-likeness (QED) is 0.264. The van der Waals surface area contributed by atoms with Crippen molar-refractivity contribution in [1.82, 2.24) is 0 Å². The molecule has 0 saturated carbocycles. The maximum atomic E-state index is 12.0. The molecule has 44 heavy (non-hydrogen) atoms. The number of rotatable bonds is 3. The van der Waals surface area contributed by atoms with Crippen molar-refractivity contribution in [2.45, 2.75) is 75.8 Å². The van der Waals surface area contributed by atoms with Gasteiger partial charge in [-0.3, -0.25) is 25.3 Å². The third kappa shape index (κ3) is 11.0. The number of halogens is 10. The van der Waals surface area contributed by atoms with E-state index in [1.54, 1.807) is 0 Å². The minimum atomic E-state index is -8.02. The maximum absolute atomic E-state index is 12.0. The van der Waals surface area contributed by atoms with Gasteiger partial charge in [0.2, 0.25) is 0 Å². The van der Waals surface area contributed by atoms with Gasteiger partial charge in [-0.05, 0) is 41.0 Å². The molecule has 6 nitrogen and oxygen atoms in total. The lowest BCUT2D eigenvalue weighted by Gasteiger charge is -2.31. The fourth-order valence-corrected chi connectivity index (χ4v) is 8.85. The topological polar surface area (TPSA) is 102 Å². The molecule has 254 valence electrons. The fraction of sp³-hybridized carbons (Fsp3) is 0.480. The highest BCUT2D eigenvalue weighted by molar-refractivity contribution is 8.29. The van der Waals surface area contributed by atoms with Crippen LogP contribution in [0.5, 0.6) is 0 Å². The second kappa shape index (κ2) is 14.0. The molecule has 0 aliphatic rings. The van der Waals surface area contributed by atoms with Gasteiger partial charge in [0.1, 0.15) is 0 Å². The summed E-state index contributed by atoms with van der Waals surface area (Å²) < 4.78 is 169. The zero-order valence-electron chi connectivity index (χ0n) is 24.1. The predicted molar refractivity (Wildman–Crippen MR) is 143 cm³/mol. The fourth-order valence-electron chi connectivity index (χ4n) is 2.73. The molecule has 0 aliphatic heterocycles. The minimum absolute atomic E-state index is 0.285. The molecule has 0 aromatic heterocycles. The van der Waals surface area contributed by atoms with Crippen LogP contribution in [-0.4, -0.2) is 41.8 Å². The van der Waals surface area contributed by atoms with E-state index >= 15 is 0 Å². The first-order valence-electron chi connectivity index (χ1n) is 11.8. The first kappa shape index (κ1) is 42.4. The highest BCUT2D eigenvalue weighted by Crippen LogP contribution is 2.47. The first-order valence-corrected chi connectivity index (χ1v) is 17.4. The molecule has 19 heteroatoms. The first-order chi connectivity index (χ1) is 19.1. The molecule has 0 heterocycles. The summed E-state index contributed by atoms with van der Waals surface area (Å²) in [5.41, 5.74) is -16.5. The van der Waals surface area contributed by atoms with Crippen LogP contribution in [0.25, 0.3) is 0 Å². The average Bonchev–Trinajstić information content (AvgIpc) is 2.76. The van der Waals surface area contributed by atoms with Crippen LogP contribution < -0.4 is 22.6 Å². The average molecular weight is 821 g/mol. The molecule has 0 fully saturated rings. The van der Waals surface area contributed by atoms with Crippen LogP contribution in [0.4, 0.5) is 39.5 Å². The number of hydrogen-bond acceptors (Lipinski definition) is 6. The van der Waals surface area contributed by atoms with E-state index in [2.05, 4.69) is 97.0 Å². The Bertz CT molecular complexity index is 1410. The highest BCUT2D eigenvalue weighted by Gasteiger charge is 2.63. The van der Waals surface area contributed by atoms with Gasteiger partial charge >= 0.3 is 16.5 Å². The number of sulfone groups is 3. The molecule has 0 amide bonds. The van der Waals surface area contributed by atoms with Crippen LogP contribution in [0.15, 0.2) is 48.5 Å². The Balaban J connectivity index is 0.000000697. The van der Waals surface area contributed by atoms with Crippen molar-refractivity contribution < 1.29 is 87.4 Å². The Kier molecular flexibility index (Phi) is 13.5. The van der Waals surface area contributed by atoms with Gasteiger partial charge in [0.25, 0.3) is 22.6 Å². The third-order valence-corrected chi connectivity index (χ3v) is 13.1. The van der Waals surface area contributed by atoms with Crippen molar-refractivity contribution in [3.63, 3.8) is 0 Å². The lowest BCUT2D eigenvalue weighted by molar-refractivity contribution is -0.328. The normalized spacial score (nSPS) is 13.9. The number of hydrogen-bond donors (Lipinski definition) is 0. The van der Waals surface area contributed by atoms with Crippen molar-refractivity contribution in [2.75, 3.05) is 0 Å². The number of aryl methyl sites for hydroxylation is 1. The van der Waals surface area contributed by atoms with Gasteiger partial charge < -0.3 is 0 Å². The number of benzene rings is 2. The molecule has 2 aromatic carbocycles. The zero-order valence-corrected chi connectivity index (χ0v) is 28.9. The number of alkyl halides is 9. The van der Waals surface area contributed by atoms with E-state index in [0.29, 0.717) is 0 Å². The van der Waals surface area contributed by atoms with Crippen molar-refractivity contribution in [1.29, 1.82) is 0 Å². The van der Waals surface area contributed by atoms with Crippen molar-refractivity contribution in [3.05, 3.63) is 72.7 Å². The van der Waals surface area contributed by atoms with E-state index < -0.39 is 50.0 Å². The lowest BCUT2D eigenvalue weighted by Crippen LogP contribution is -3.34. The Morgan fingerprint density at radius 2 is 0.727 bits per heavy atom. The van der Waals surface area contributed by atoms with Crippen molar-refractivity contribution in [3.8, 4) is 0 Å². The Morgan fingerprint density at radius 1 is 0.500 bits per heavy atom. The monoisotopic (exact) mass is 820 g/mol. The summed E-state index contributed by atoms with van der Waals surface area (Å²) in [5, 5.41) is 0. The van der Waals surface area contributed by atoms with Crippen LogP contribution >= 0.6 is 0 Å². The summed E-state index contributed by atoms with van der Waals surface area (Å²) in [5.74, 6) is 0. The molecule has 0 bridgehead atoms. The molecule has 2 aromatic rings. The molecule has 0 atom stereocenters. The van der Waals surface area contributed by atoms with Gasteiger partial charge in [-0.15, -0.1) is 0 Å². The minimum Gasteiger partial charge on any atom is -0.251 e. The maximum Gasteiger partial charge on any atom is 0.470 e. The van der Waals surface area contributed by atoms with E-state index in [-0.39, 0.29) is 10.8 Å². The summed E-state index contributed by atoms with van der Waals surface area (Å²) in [4.78, 5) is 0. The van der Waals surface area contributed by atoms with Gasteiger partial charge in [0, 0.05) is 0 Å².